The number of hydrogen-bond donors (Lipinski definition) is 0. The van der Waals surface area contributed by atoms with Gasteiger partial charge in [0.05, 0.1) is 0 Å². The largest absolute Gasteiger partial charge is 0.474 e. The molecule has 0 aliphatic carbocycles. The lowest BCUT2D eigenvalue weighted by molar-refractivity contribution is 0.0921. The van der Waals surface area contributed by atoms with E-state index in [4.69, 9.17) is 24.3 Å². The third-order valence-corrected chi connectivity index (χ3v) is 4.38. The monoisotopic (exact) mass is 263 g/mol. The lowest BCUT2D eigenvalue weighted by Crippen LogP contribution is -2.44. The summed E-state index contributed by atoms with van der Waals surface area (Å²) in [5, 5.41) is 0.458. The van der Waals surface area contributed by atoms with Gasteiger partial charge in [-0.15, -0.1) is 0 Å². The number of nitrogens with zero attached hydrogens (tertiary/aromatic N) is 3. The lowest BCUT2D eigenvalue weighted by atomic mass is 9.96. The molecule has 6 heteroatoms. The van der Waals surface area contributed by atoms with E-state index in [1.165, 1.54) is 19.2 Å². The molecule has 3 atom stereocenters. The predicted octanol–water partition coefficient (Wildman–Crippen LogP) is 1.90. The molecule has 18 heavy (non-hydrogen) atoms. The third kappa shape index (κ3) is 2.10. The second kappa shape index (κ2) is 4.70. The molecule has 2 aliphatic rings. The number of rotatable bonds is 2. The van der Waals surface area contributed by atoms with Gasteiger partial charge in [0.1, 0.15) is 17.6 Å². The molecular weight excluding hydrogens is 248 g/mol. The van der Waals surface area contributed by atoms with Crippen molar-refractivity contribution in [2.24, 2.45) is 0 Å². The average Bonchev–Trinajstić information content (AvgIpc) is 2.59. The van der Waals surface area contributed by atoms with Gasteiger partial charge in [-0.3, -0.25) is 0 Å². The van der Waals surface area contributed by atoms with Crippen molar-refractivity contribution >= 4 is 19.6 Å². The minimum atomic E-state index is 0.187. The second-order valence-corrected chi connectivity index (χ2v) is 5.50. The molecule has 2 radical (unpaired) electrons. The highest BCUT2D eigenvalue weighted by molar-refractivity contribution is 6.30. The maximum atomic E-state index is 6.02. The summed E-state index contributed by atoms with van der Waals surface area (Å²) < 4.78 is 5.98. The molecule has 0 saturated carbocycles. The second-order valence-electron chi connectivity index (χ2n) is 5.14. The van der Waals surface area contributed by atoms with E-state index in [0.717, 1.165) is 18.4 Å². The summed E-state index contributed by atoms with van der Waals surface area (Å²) in [6.45, 7) is 1.88. The molecule has 0 spiro atoms. The zero-order chi connectivity index (χ0) is 12.7. The first-order valence-corrected chi connectivity index (χ1v) is 6.69. The molecule has 4 nitrogen and oxygen atoms in total. The molecule has 2 bridgehead atoms. The zero-order valence-electron chi connectivity index (χ0n) is 10.3. The molecule has 0 aromatic carbocycles. The molecular formula is C12H15BClN3O. The molecule has 2 unspecified atom stereocenters. The molecule has 2 aliphatic heterocycles. The van der Waals surface area contributed by atoms with Crippen molar-refractivity contribution < 1.29 is 4.74 Å². The van der Waals surface area contributed by atoms with Crippen molar-refractivity contribution in [2.75, 3.05) is 0 Å². The maximum Gasteiger partial charge on any atom is 0.221 e. The van der Waals surface area contributed by atoms with Gasteiger partial charge in [0, 0.05) is 17.6 Å². The zero-order valence-corrected chi connectivity index (χ0v) is 11.1. The Morgan fingerprint density at radius 2 is 2.00 bits per heavy atom. The Balaban J connectivity index is 1.72. The van der Waals surface area contributed by atoms with E-state index >= 15 is 0 Å². The van der Waals surface area contributed by atoms with Crippen LogP contribution in [0.5, 0.6) is 5.88 Å². The Morgan fingerprint density at radius 3 is 2.67 bits per heavy atom. The molecule has 94 valence electrons. The molecule has 3 heterocycles. The summed E-state index contributed by atoms with van der Waals surface area (Å²) in [4.78, 5) is 10.1. The van der Waals surface area contributed by atoms with Gasteiger partial charge in [0.25, 0.3) is 0 Å². The molecule has 3 rings (SSSR count). The van der Waals surface area contributed by atoms with Crippen molar-refractivity contribution in [3.8, 4) is 5.88 Å². The fourth-order valence-electron chi connectivity index (χ4n) is 2.95. The van der Waals surface area contributed by atoms with Crippen molar-refractivity contribution in [3.63, 3.8) is 0 Å². The van der Waals surface area contributed by atoms with E-state index in [2.05, 4.69) is 9.97 Å². The fraction of sp³-hybridized carbons (Fsp3) is 0.667. The van der Waals surface area contributed by atoms with Gasteiger partial charge in [-0.2, -0.15) is 0 Å². The standard InChI is InChI=1S/C12H15BClN3O/c1-7-11(14)15-6-16-12(7)18-10-4-8-2-3-9(5-10)17(8)13/h6,8-10H,2-5H2,1H3/t8-,9?,10?/m0/s1. The van der Waals surface area contributed by atoms with Crippen LogP contribution >= 0.6 is 11.6 Å². The van der Waals surface area contributed by atoms with E-state index in [-0.39, 0.29) is 6.10 Å². The maximum absolute atomic E-state index is 6.02. The van der Waals surface area contributed by atoms with Crippen LogP contribution in [0.3, 0.4) is 0 Å². The van der Waals surface area contributed by atoms with E-state index in [0.29, 0.717) is 23.1 Å². The third-order valence-electron chi connectivity index (χ3n) is 4.00. The van der Waals surface area contributed by atoms with Crippen LogP contribution in [0, 0.1) is 6.92 Å². The van der Waals surface area contributed by atoms with Crippen molar-refractivity contribution in [3.05, 3.63) is 17.0 Å². The summed E-state index contributed by atoms with van der Waals surface area (Å²) in [6.07, 6.45) is 5.90. The van der Waals surface area contributed by atoms with Gasteiger partial charge in [-0.05, 0) is 32.6 Å². The number of aromatic nitrogens is 2. The fourth-order valence-corrected chi connectivity index (χ4v) is 3.07. The summed E-state index contributed by atoms with van der Waals surface area (Å²) in [5.74, 6) is 0.602. The number of hydrogen-bond acceptors (Lipinski definition) is 4. The van der Waals surface area contributed by atoms with E-state index in [1.807, 2.05) is 11.7 Å². The smallest absolute Gasteiger partial charge is 0.221 e. The van der Waals surface area contributed by atoms with Crippen LogP contribution in [0.25, 0.3) is 0 Å². The van der Waals surface area contributed by atoms with Gasteiger partial charge >= 0.3 is 0 Å². The Bertz CT molecular complexity index is 445. The van der Waals surface area contributed by atoms with Crippen LogP contribution in [0.2, 0.25) is 5.15 Å². The number of halogens is 1. The number of fused-ring (bicyclic) bond motifs is 2. The van der Waals surface area contributed by atoms with Crippen LogP contribution in [0.4, 0.5) is 0 Å². The van der Waals surface area contributed by atoms with E-state index in [1.54, 1.807) is 0 Å². The van der Waals surface area contributed by atoms with E-state index < -0.39 is 0 Å². The van der Waals surface area contributed by atoms with Crippen molar-refractivity contribution in [1.82, 2.24) is 14.8 Å². The first kappa shape index (κ1) is 12.2. The SMILES string of the molecule is [B]N1C2CC[C@H]1CC(Oc1ncnc(Cl)c1C)C2. The lowest BCUT2D eigenvalue weighted by Gasteiger charge is -2.36. The molecule has 0 N–H and O–H groups in total. The normalized spacial score (nSPS) is 31.6. The van der Waals surface area contributed by atoms with Crippen molar-refractivity contribution in [1.29, 1.82) is 0 Å². The molecule has 2 saturated heterocycles. The Hall–Kier alpha value is -0.805. The summed E-state index contributed by atoms with van der Waals surface area (Å²) in [6, 6.07) is 0.901. The predicted molar refractivity (Wildman–Crippen MR) is 69.8 cm³/mol. The highest BCUT2D eigenvalue weighted by Gasteiger charge is 2.39. The van der Waals surface area contributed by atoms with E-state index in [9.17, 15) is 0 Å². The first-order valence-electron chi connectivity index (χ1n) is 6.32. The number of ether oxygens (including phenoxy) is 1. The Morgan fingerprint density at radius 1 is 1.33 bits per heavy atom. The topological polar surface area (TPSA) is 38.2 Å². The van der Waals surface area contributed by atoms with Crippen LogP contribution in [-0.4, -0.2) is 40.9 Å². The number of piperidine rings is 1. The minimum absolute atomic E-state index is 0.187. The quantitative estimate of drug-likeness (QED) is 0.603. The van der Waals surface area contributed by atoms with Gasteiger partial charge in [-0.25, -0.2) is 9.97 Å². The Labute approximate surface area is 113 Å². The highest BCUT2D eigenvalue weighted by atomic mass is 35.5. The van der Waals surface area contributed by atoms with Crippen LogP contribution in [0.15, 0.2) is 6.33 Å². The highest BCUT2D eigenvalue weighted by Crippen LogP contribution is 2.36. The van der Waals surface area contributed by atoms with Crippen LogP contribution in [-0.2, 0) is 0 Å². The van der Waals surface area contributed by atoms with Crippen molar-refractivity contribution in [2.45, 2.75) is 50.8 Å². The van der Waals surface area contributed by atoms with Gasteiger partial charge in [0.15, 0.2) is 7.98 Å². The van der Waals surface area contributed by atoms with Gasteiger partial charge in [-0.1, -0.05) is 11.6 Å². The van der Waals surface area contributed by atoms with Gasteiger partial charge < -0.3 is 9.55 Å². The average molecular weight is 264 g/mol. The van der Waals surface area contributed by atoms with Gasteiger partial charge in [0.2, 0.25) is 5.88 Å². The molecule has 2 fully saturated rings. The summed E-state index contributed by atoms with van der Waals surface area (Å²) >= 11 is 5.97. The first-order chi connectivity index (χ1) is 8.65. The molecule has 0 amide bonds. The van der Waals surface area contributed by atoms with Crippen LogP contribution in [0.1, 0.15) is 31.2 Å². The Kier molecular flexibility index (Phi) is 3.20. The summed E-state index contributed by atoms with van der Waals surface area (Å²) in [7, 11) is 6.02. The van der Waals surface area contributed by atoms with Crippen LogP contribution < -0.4 is 4.74 Å². The minimum Gasteiger partial charge on any atom is -0.474 e. The molecule has 1 aromatic rings. The molecule has 1 aromatic heterocycles. The summed E-state index contributed by atoms with van der Waals surface area (Å²) in [5.41, 5.74) is 0.807.